The van der Waals surface area contributed by atoms with E-state index in [1.54, 1.807) is 6.20 Å². The lowest BCUT2D eigenvalue weighted by Gasteiger charge is -2.18. The minimum absolute atomic E-state index is 0.388. The van der Waals surface area contributed by atoms with Gasteiger partial charge in [0.05, 0.1) is 19.0 Å². The zero-order valence-corrected chi connectivity index (χ0v) is 9.01. The highest BCUT2D eigenvalue weighted by molar-refractivity contribution is 4.79. The Morgan fingerprint density at radius 2 is 2.40 bits per heavy atom. The monoisotopic (exact) mass is 209 g/mol. The predicted octanol–water partition coefficient (Wildman–Crippen LogP) is 1.03. The van der Waals surface area contributed by atoms with Crippen molar-refractivity contribution in [3.63, 3.8) is 0 Å². The summed E-state index contributed by atoms with van der Waals surface area (Å²) in [5.74, 6) is 0.577. The lowest BCUT2D eigenvalue weighted by molar-refractivity contribution is 0.0256. The molecule has 2 rings (SSSR count). The van der Waals surface area contributed by atoms with E-state index in [4.69, 9.17) is 10.5 Å². The summed E-state index contributed by atoms with van der Waals surface area (Å²) >= 11 is 0. The molecule has 0 aliphatic heterocycles. The molecule has 1 aromatic rings. The third-order valence-corrected chi connectivity index (χ3v) is 3.13. The summed E-state index contributed by atoms with van der Waals surface area (Å²) in [7, 11) is 0. The number of rotatable bonds is 5. The second-order valence-corrected chi connectivity index (χ2v) is 4.14. The van der Waals surface area contributed by atoms with Crippen LogP contribution in [0.5, 0.6) is 0 Å². The fourth-order valence-corrected chi connectivity index (χ4v) is 2.22. The zero-order chi connectivity index (χ0) is 10.5. The molecule has 1 aliphatic carbocycles. The highest BCUT2D eigenvalue weighted by Crippen LogP contribution is 2.27. The third-order valence-electron chi connectivity index (χ3n) is 3.13. The van der Waals surface area contributed by atoms with Gasteiger partial charge < -0.3 is 15.0 Å². The van der Waals surface area contributed by atoms with Gasteiger partial charge in [-0.25, -0.2) is 4.98 Å². The van der Waals surface area contributed by atoms with Crippen LogP contribution < -0.4 is 5.73 Å². The Bertz CT molecular complexity index is 273. The number of ether oxygens (including phenoxy) is 1. The van der Waals surface area contributed by atoms with Crippen LogP contribution in [0.2, 0.25) is 0 Å². The number of aromatic nitrogens is 2. The standard InChI is InChI=1S/C11H19N3O/c12-8-10-2-1-3-11(10)15-7-6-14-5-4-13-9-14/h4-5,9-11H,1-3,6-8,12H2. The van der Waals surface area contributed by atoms with Gasteiger partial charge in [-0.3, -0.25) is 0 Å². The molecule has 15 heavy (non-hydrogen) atoms. The molecular weight excluding hydrogens is 190 g/mol. The molecule has 0 radical (unpaired) electrons. The molecule has 2 N–H and O–H groups in total. The first kappa shape index (κ1) is 10.6. The van der Waals surface area contributed by atoms with Crippen molar-refractivity contribution in [1.82, 2.24) is 9.55 Å². The van der Waals surface area contributed by atoms with Crippen LogP contribution >= 0.6 is 0 Å². The maximum Gasteiger partial charge on any atom is 0.0946 e. The molecule has 4 nitrogen and oxygen atoms in total. The van der Waals surface area contributed by atoms with E-state index in [1.165, 1.54) is 19.3 Å². The lowest BCUT2D eigenvalue weighted by Crippen LogP contribution is -2.26. The van der Waals surface area contributed by atoms with Crippen LogP contribution in [0.25, 0.3) is 0 Å². The summed E-state index contributed by atoms with van der Waals surface area (Å²) in [5, 5.41) is 0. The molecule has 0 spiro atoms. The zero-order valence-electron chi connectivity index (χ0n) is 9.01. The van der Waals surface area contributed by atoms with E-state index in [9.17, 15) is 0 Å². The van der Waals surface area contributed by atoms with Crippen molar-refractivity contribution in [3.8, 4) is 0 Å². The Hall–Kier alpha value is -0.870. The number of hydrogen-bond donors (Lipinski definition) is 1. The SMILES string of the molecule is NCC1CCCC1OCCn1ccnc1. The summed E-state index contributed by atoms with van der Waals surface area (Å²) < 4.78 is 7.89. The second kappa shape index (κ2) is 5.28. The van der Waals surface area contributed by atoms with E-state index < -0.39 is 0 Å². The fourth-order valence-electron chi connectivity index (χ4n) is 2.22. The predicted molar refractivity (Wildman–Crippen MR) is 58.4 cm³/mol. The van der Waals surface area contributed by atoms with Crippen molar-refractivity contribution in [2.75, 3.05) is 13.2 Å². The topological polar surface area (TPSA) is 53.1 Å². The third kappa shape index (κ3) is 2.79. The summed E-state index contributed by atoms with van der Waals surface area (Å²) in [6.07, 6.45) is 9.61. The minimum Gasteiger partial charge on any atom is -0.376 e. The summed E-state index contributed by atoms with van der Waals surface area (Å²) in [6, 6.07) is 0. The Morgan fingerprint density at radius 3 is 3.13 bits per heavy atom. The van der Waals surface area contributed by atoms with Crippen LogP contribution in [0.1, 0.15) is 19.3 Å². The van der Waals surface area contributed by atoms with Gasteiger partial charge in [-0.2, -0.15) is 0 Å². The molecule has 0 aromatic carbocycles. The van der Waals surface area contributed by atoms with E-state index in [2.05, 4.69) is 4.98 Å². The lowest BCUT2D eigenvalue weighted by atomic mass is 10.1. The van der Waals surface area contributed by atoms with E-state index in [0.717, 1.165) is 19.7 Å². The van der Waals surface area contributed by atoms with Gasteiger partial charge in [-0.05, 0) is 25.3 Å². The number of nitrogens with two attached hydrogens (primary N) is 1. The van der Waals surface area contributed by atoms with Crippen molar-refractivity contribution >= 4 is 0 Å². The van der Waals surface area contributed by atoms with Crippen molar-refractivity contribution in [1.29, 1.82) is 0 Å². The largest absolute Gasteiger partial charge is 0.376 e. The smallest absolute Gasteiger partial charge is 0.0946 e. The van der Waals surface area contributed by atoms with Gasteiger partial charge >= 0.3 is 0 Å². The Morgan fingerprint density at radius 1 is 1.47 bits per heavy atom. The average Bonchev–Trinajstić information content (AvgIpc) is 2.88. The highest BCUT2D eigenvalue weighted by Gasteiger charge is 2.26. The van der Waals surface area contributed by atoms with Crippen LogP contribution in [0.4, 0.5) is 0 Å². The van der Waals surface area contributed by atoms with Crippen molar-refractivity contribution in [3.05, 3.63) is 18.7 Å². The van der Waals surface area contributed by atoms with E-state index in [0.29, 0.717) is 12.0 Å². The first-order chi connectivity index (χ1) is 7.40. The quantitative estimate of drug-likeness (QED) is 0.788. The van der Waals surface area contributed by atoms with Gasteiger partial charge in [0.2, 0.25) is 0 Å². The summed E-state index contributed by atoms with van der Waals surface area (Å²) in [6.45, 7) is 2.40. The van der Waals surface area contributed by atoms with Gasteiger partial charge in [0, 0.05) is 18.9 Å². The fraction of sp³-hybridized carbons (Fsp3) is 0.727. The van der Waals surface area contributed by atoms with Crippen LogP contribution in [-0.4, -0.2) is 28.8 Å². The van der Waals surface area contributed by atoms with E-state index in [-0.39, 0.29) is 0 Å². The molecule has 1 saturated carbocycles. The highest BCUT2D eigenvalue weighted by atomic mass is 16.5. The molecule has 84 valence electrons. The van der Waals surface area contributed by atoms with Crippen molar-refractivity contribution in [2.24, 2.45) is 11.7 Å². The van der Waals surface area contributed by atoms with Crippen molar-refractivity contribution < 1.29 is 4.74 Å². The molecule has 0 bridgehead atoms. The summed E-state index contributed by atoms with van der Waals surface area (Å²) in [5.41, 5.74) is 5.70. The first-order valence-electron chi connectivity index (χ1n) is 5.67. The summed E-state index contributed by atoms with van der Waals surface area (Å²) in [4.78, 5) is 3.99. The van der Waals surface area contributed by atoms with Crippen LogP contribution in [0.15, 0.2) is 18.7 Å². The first-order valence-corrected chi connectivity index (χ1v) is 5.67. The molecule has 0 saturated heterocycles. The molecule has 4 heteroatoms. The Labute approximate surface area is 90.4 Å². The van der Waals surface area contributed by atoms with Gasteiger partial charge in [-0.1, -0.05) is 6.42 Å². The van der Waals surface area contributed by atoms with E-state index in [1.807, 2.05) is 17.1 Å². The Balaban J connectivity index is 1.69. The molecule has 2 unspecified atom stereocenters. The maximum atomic E-state index is 5.85. The molecule has 0 amide bonds. The molecule has 1 heterocycles. The number of hydrogen-bond acceptors (Lipinski definition) is 3. The van der Waals surface area contributed by atoms with Gasteiger partial charge in [0.1, 0.15) is 0 Å². The van der Waals surface area contributed by atoms with Gasteiger partial charge in [0.25, 0.3) is 0 Å². The molecule has 2 atom stereocenters. The van der Waals surface area contributed by atoms with Crippen LogP contribution in [0, 0.1) is 5.92 Å². The van der Waals surface area contributed by atoms with Crippen LogP contribution in [-0.2, 0) is 11.3 Å². The number of nitrogens with zero attached hydrogens (tertiary/aromatic N) is 2. The minimum atomic E-state index is 0.388. The van der Waals surface area contributed by atoms with Crippen LogP contribution in [0.3, 0.4) is 0 Å². The Kier molecular flexibility index (Phi) is 3.75. The van der Waals surface area contributed by atoms with E-state index >= 15 is 0 Å². The normalized spacial score (nSPS) is 25.9. The molecule has 1 aliphatic rings. The van der Waals surface area contributed by atoms with Gasteiger partial charge in [0.15, 0.2) is 0 Å². The van der Waals surface area contributed by atoms with Crippen molar-refractivity contribution in [2.45, 2.75) is 31.9 Å². The molecule has 1 aromatic heterocycles. The van der Waals surface area contributed by atoms with Gasteiger partial charge in [-0.15, -0.1) is 0 Å². The average molecular weight is 209 g/mol. The molecular formula is C11H19N3O. The maximum absolute atomic E-state index is 5.85. The molecule has 1 fully saturated rings. The number of imidazole rings is 1. The second-order valence-electron chi connectivity index (χ2n) is 4.14.